The number of amides is 1. The molecule has 0 spiro atoms. The van der Waals surface area contributed by atoms with Gasteiger partial charge in [-0.05, 0) is 24.7 Å². The van der Waals surface area contributed by atoms with Gasteiger partial charge in [-0.2, -0.15) is 0 Å². The van der Waals surface area contributed by atoms with Gasteiger partial charge in [0.15, 0.2) is 0 Å². The SMILES string of the molecule is CC1(C)CN(C(=O)C2CCCCCC2)CCC1Cl. The van der Waals surface area contributed by atoms with Gasteiger partial charge in [0.2, 0.25) is 5.91 Å². The Balaban J connectivity index is 1.96. The van der Waals surface area contributed by atoms with Crippen LogP contribution in [0.4, 0.5) is 0 Å². The van der Waals surface area contributed by atoms with Gasteiger partial charge in [0, 0.05) is 24.4 Å². The Morgan fingerprint density at radius 1 is 1.11 bits per heavy atom. The Kier molecular flexibility index (Phi) is 4.58. The first kappa shape index (κ1) is 14.2. The minimum Gasteiger partial charge on any atom is -0.342 e. The molecule has 1 aliphatic heterocycles. The molecule has 18 heavy (non-hydrogen) atoms. The number of piperidine rings is 1. The standard InChI is InChI=1S/C15H26ClNO/c1-15(2)11-17(10-9-13(15)16)14(18)12-7-5-3-4-6-8-12/h12-13H,3-11H2,1-2H3. The van der Waals surface area contributed by atoms with E-state index in [9.17, 15) is 4.79 Å². The normalized spacial score (nSPS) is 29.9. The molecule has 1 unspecified atom stereocenters. The smallest absolute Gasteiger partial charge is 0.225 e. The highest BCUT2D eigenvalue weighted by atomic mass is 35.5. The summed E-state index contributed by atoms with van der Waals surface area (Å²) in [5.41, 5.74) is 0.0557. The maximum Gasteiger partial charge on any atom is 0.225 e. The van der Waals surface area contributed by atoms with Crippen LogP contribution in [0.3, 0.4) is 0 Å². The molecule has 1 heterocycles. The highest BCUT2D eigenvalue weighted by molar-refractivity contribution is 6.21. The molecule has 0 radical (unpaired) electrons. The second kappa shape index (κ2) is 5.81. The zero-order valence-electron chi connectivity index (χ0n) is 11.8. The molecule has 1 amide bonds. The molecule has 0 aromatic heterocycles. The largest absolute Gasteiger partial charge is 0.342 e. The Morgan fingerprint density at radius 3 is 2.28 bits per heavy atom. The number of likely N-dealkylation sites (tertiary alicyclic amines) is 1. The second-order valence-electron chi connectivity index (χ2n) is 6.69. The van der Waals surface area contributed by atoms with Gasteiger partial charge in [-0.1, -0.05) is 39.5 Å². The third-order valence-electron chi connectivity index (χ3n) is 4.61. The molecule has 2 rings (SSSR count). The summed E-state index contributed by atoms with van der Waals surface area (Å²) in [6.45, 7) is 6.04. The molecule has 1 saturated heterocycles. The molecule has 1 saturated carbocycles. The lowest BCUT2D eigenvalue weighted by Gasteiger charge is -2.42. The summed E-state index contributed by atoms with van der Waals surface area (Å²) in [6.07, 6.45) is 8.20. The lowest BCUT2D eigenvalue weighted by atomic mass is 9.83. The summed E-state index contributed by atoms with van der Waals surface area (Å²) in [6, 6.07) is 0. The minimum atomic E-state index is 0.0557. The third-order valence-corrected chi connectivity index (χ3v) is 5.42. The average molecular weight is 272 g/mol. The number of halogens is 1. The molecule has 0 aromatic rings. The van der Waals surface area contributed by atoms with Crippen LogP contribution in [0.2, 0.25) is 0 Å². The lowest BCUT2D eigenvalue weighted by Crippen LogP contribution is -2.50. The van der Waals surface area contributed by atoms with E-state index in [-0.39, 0.29) is 16.7 Å². The summed E-state index contributed by atoms with van der Waals surface area (Å²) in [5.74, 6) is 0.684. The topological polar surface area (TPSA) is 20.3 Å². The van der Waals surface area contributed by atoms with Crippen LogP contribution >= 0.6 is 11.6 Å². The summed E-state index contributed by atoms with van der Waals surface area (Å²) >= 11 is 6.35. The van der Waals surface area contributed by atoms with Crippen molar-refractivity contribution in [2.75, 3.05) is 13.1 Å². The first-order valence-electron chi connectivity index (χ1n) is 7.43. The van der Waals surface area contributed by atoms with E-state index in [0.29, 0.717) is 5.91 Å². The lowest BCUT2D eigenvalue weighted by molar-refractivity contribution is -0.139. The average Bonchev–Trinajstić information content (AvgIpc) is 2.60. The third kappa shape index (κ3) is 3.20. The van der Waals surface area contributed by atoms with Gasteiger partial charge in [-0.3, -0.25) is 4.79 Å². The van der Waals surface area contributed by atoms with E-state index in [1.54, 1.807) is 0 Å². The van der Waals surface area contributed by atoms with Crippen molar-refractivity contribution in [1.29, 1.82) is 0 Å². The van der Waals surface area contributed by atoms with E-state index in [0.717, 1.165) is 32.4 Å². The number of rotatable bonds is 1. The fourth-order valence-corrected chi connectivity index (χ4v) is 3.47. The Morgan fingerprint density at radius 2 is 1.72 bits per heavy atom. The van der Waals surface area contributed by atoms with Gasteiger partial charge in [0.25, 0.3) is 0 Å². The maximum atomic E-state index is 12.6. The van der Waals surface area contributed by atoms with E-state index in [1.807, 2.05) is 0 Å². The zero-order chi connectivity index (χ0) is 13.2. The van der Waals surface area contributed by atoms with Crippen LogP contribution in [-0.4, -0.2) is 29.3 Å². The van der Waals surface area contributed by atoms with Crippen molar-refractivity contribution in [3.05, 3.63) is 0 Å². The predicted molar refractivity (Wildman–Crippen MR) is 75.8 cm³/mol. The van der Waals surface area contributed by atoms with Crippen LogP contribution in [0.25, 0.3) is 0 Å². The van der Waals surface area contributed by atoms with Crippen LogP contribution in [0.5, 0.6) is 0 Å². The van der Waals surface area contributed by atoms with Crippen LogP contribution in [0.1, 0.15) is 58.8 Å². The molecular formula is C15H26ClNO. The van der Waals surface area contributed by atoms with Gasteiger partial charge in [0.1, 0.15) is 0 Å². The molecule has 0 N–H and O–H groups in total. The first-order chi connectivity index (χ1) is 8.50. The fraction of sp³-hybridized carbons (Fsp3) is 0.933. The van der Waals surface area contributed by atoms with Crippen molar-refractivity contribution < 1.29 is 4.79 Å². The monoisotopic (exact) mass is 271 g/mol. The molecule has 2 nitrogen and oxygen atoms in total. The Bertz CT molecular complexity index is 295. The number of hydrogen-bond donors (Lipinski definition) is 0. The van der Waals surface area contributed by atoms with Crippen LogP contribution in [0.15, 0.2) is 0 Å². The molecule has 1 aliphatic carbocycles. The molecule has 1 atom stereocenters. The summed E-state index contributed by atoms with van der Waals surface area (Å²) in [7, 11) is 0. The fourth-order valence-electron chi connectivity index (χ4n) is 3.30. The summed E-state index contributed by atoms with van der Waals surface area (Å²) in [4.78, 5) is 14.7. The van der Waals surface area contributed by atoms with E-state index in [4.69, 9.17) is 11.6 Å². The van der Waals surface area contributed by atoms with Crippen molar-refractivity contribution >= 4 is 17.5 Å². The minimum absolute atomic E-state index is 0.0557. The predicted octanol–water partition coefficient (Wildman–Crippen LogP) is 3.82. The van der Waals surface area contributed by atoms with E-state index in [1.165, 1.54) is 25.7 Å². The summed E-state index contributed by atoms with van der Waals surface area (Å²) in [5, 5.41) is 0.204. The van der Waals surface area contributed by atoms with Crippen LogP contribution < -0.4 is 0 Å². The number of alkyl halides is 1. The molecule has 2 aliphatic rings. The van der Waals surface area contributed by atoms with Gasteiger partial charge in [-0.25, -0.2) is 0 Å². The van der Waals surface area contributed by atoms with Crippen LogP contribution in [0, 0.1) is 11.3 Å². The Labute approximate surface area is 116 Å². The van der Waals surface area contributed by atoms with Crippen molar-refractivity contribution in [1.82, 2.24) is 4.90 Å². The van der Waals surface area contributed by atoms with E-state index in [2.05, 4.69) is 18.7 Å². The zero-order valence-corrected chi connectivity index (χ0v) is 12.5. The van der Waals surface area contributed by atoms with Gasteiger partial charge >= 0.3 is 0 Å². The van der Waals surface area contributed by atoms with Gasteiger partial charge < -0.3 is 4.90 Å². The molecular weight excluding hydrogens is 246 g/mol. The number of carbonyl (C=O) groups is 1. The summed E-state index contributed by atoms with van der Waals surface area (Å²) < 4.78 is 0. The molecule has 0 aromatic carbocycles. The van der Waals surface area contributed by atoms with Crippen LogP contribution in [-0.2, 0) is 4.79 Å². The van der Waals surface area contributed by atoms with Crippen molar-refractivity contribution in [2.45, 2.75) is 64.2 Å². The number of nitrogens with zero attached hydrogens (tertiary/aromatic N) is 1. The van der Waals surface area contributed by atoms with Gasteiger partial charge in [-0.15, -0.1) is 11.6 Å². The van der Waals surface area contributed by atoms with E-state index < -0.39 is 0 Å². The van der Waals surface area contributed by atoms with E-state index >= 15 is 0 Å². The Hall–Kier alpha value is -0.240. The van der Waals surface area contributed by atoms with Crippen molar-refractivity contribution in [3.8, 4) is 0 Å². The molecule has 3 heteroatoms. The molecule has 2 fully saturated rings. The maximum absolute atomic E-state index is 12.6. The first-order valence-corrected chi connectivity index (χ1v) is 7.87. The number of hydrogen-bond acceptors (Lipinski definition) is 1. The van der Waals surface area contributed by atoms with Crippen molar-refractivity contribution in [3.63, 3.8) is 0 Å². The highest BCUT2D eigenvalue weighted by Crippen LogP contribution is 2.35. The molecule has 104 valence electrons. The highest BCUT2D eigenvalue weighted by Gasteiger charge is 2.37. The number of carbonyl (C=O) groups excluding carboxylic acids is 1. The quantitative estimate of drug-likeness (QED) is 0.524. The molecule has 0 bridgehead atoms. The second-order valence-corrected chi connectivity index (χ2v) is 7.22. The van der Waals surface area contributed by atoms with Gasteiger partial charge in [0.05, 0.1) is 0 Å². The van der Waals surface area contributed by atoms with Crippen molar-refractivity contribution in [2.24, 2.45) is 11.3 Å².